The summed E-state index contributed by atoms with van der Waals surface area (Å²) >= 11 is 0. The molecule has 4 nitrogen and oxygen atoms in total. The van der Waals surface area contributed by atoms with Crippen LogP contribution in [0.2, 0.25) is 0 Å². The first-order valence-corrected chi connectivity index (χ1v) is 7.97. The molecule has 1 heterocycles. The average Bonchev–Trinajstić information content (AvgIpc) is 2.53. The van der Waals surface area contributed by atoms with Crippen LogP contribution in [0.5, 0.6) is 5.75 Å². The monoisotopic (exact) mass is 292 g/mol. The van der Waals surface area contributed by atoms with Crippen molar-refractivity contribution in [3.8, 4) is 5.75 Å². The molecule has 0 radical (unpaired) electrons. The predicted octanol–water partition coefficient (Wildman–Crippen LogP) is 1.31. The Balaban J connectivity index is 1.65. The summed E-state index contributed by atoms with van der Waals surface area (Å²) in [4.78, 5) is 13.3. The van der Waals surface area contributed by atoms with Crippen molar-refractivity contribution in [1.82, 2.24) is 0 Å². The van der Waals surface area contributed by atoms with Crippen LogP contribution in [-0.2, 0) is 9.53 Å². The zero-order chi connectivity index (χ0) is 14.9. The van der Waals surface area contributed by atoms with Gasteiger partial charge in [-0.3, -0.25) is 4.79 Å². The molecule has 21 heavy (non-hydrogen) atoms. The van der Waals surface area contributed by atoms with Gasteiger partial charge in [0.15, 0.2) is 0 Å². The van der Waals surface area contributed by atoms with Crippen LogP contribution >= 0.6 is 0 Å². The Bertz CT molecular complexity index is 421. The lowest BCUT2D eigenvalue weighted by atomic mass is 9.98. The molecule has 0 amide bonds. The largest absolute Gasteiger partial charge is 0.493 e. The fourth-order valence-electron chi connectivity index (χ4n) is 2.87. The number of hydrogen-bond acceptors (Lipinski definition) is 3. The minimum absolute atomic E-state index is 0.0183. The highest BCUT2D eigenvalue weighted by molar-refractivity contribution is 5.72. The van der Waals surface area contributed by atoms with Crippen molar-refractivity contribution in [3.63, 3.8) is 0 Å². The Kier molecular flexibility index (Phi) is 6.54. The maximum atomic E-state index is 11.8. The van der Waals surface area contributed by atoms with E-state index < -0.39 is 0 Å². The van der Waals surface area contributed by atoms with Crippen molar-refractivity contribution >= 4 is 5.97 Å². The normalized spacial score (nSPS) is 21.8. The van der Waals surface area contributed by atoms with Gasteiger partial charge in [0.1, 0.15) is 11.7 Å². The van der Waals surface area contributed by atoms with E-state index in [2.05, 4.69) is 0 Å². The van der Waals surface area contributed by atoms with E-state index >= 15 is 0 Å². The number of rotatable bonds is 7. The second kappa shape index (κ2) is 8.67. The van der Waals surface area contributed by atoms with E-state index in [-0.39, 0.29) is 11.9 Å². The summed E-state index contributed by atoms with van der Waals surface area (Å²) in [6.45, 7) is 6.20. The minimum Gasteiger partial charge on any atom is -0.493 e. The standard InChI is InChI=1S/C17H25NO3/c1-2-20-17(19)15-8-6-11-18(14-15)12-7-13-21-16-9-4-3-5-10-16/h3-5,9-10,15H,2,6-8,11-14H2,1H3/p+1/t15-/m1/s1. The highest BCUT2D eigenvalue weighted by Crippen LogP contribution is 2.10. The van der Waals surface area contributed by atoms with Gasteiger partial charge in [-0.15, -0.1) is 0 Å². The zero-order valence-electron chi connectivity index (χ0n) is 12.8. The summed E-state index contributed by atoms with van der Waals surface area (Å²) in [5.41, 5.74) is 0. The molecule has 1 unspecified atom stereocenters. The van der Waals surface area contributed by atoms with Gasteiger partial charge in [-0.2, -0.15) is 0 Å². The number of nitrogens with one attached hydrogen (secondary N) is 1. The Morgan fingerprint density at radius 2 is 2.14 bits per heavy atom. The summed E-state index contributed by atoms with van der Waals surface area (Å²) in [5, 5.41) is 0. The van der Waals surface area contributed by atoms with Crippen LogP contribution in [0.1, 0.15) is 26.2 Å². The molecular formula is C17H26NO3+. The van der Waals surface area contributed by atoms with Crippen molar-refractivity contribution in [1.29, 1.82) is 0 Å². The van der Waals surface area contributed by atoms with Gasteiger partial charge >= 0.3 is 5.97 Å². The van der Waals surface area contributed by atoms with E-state index in [1.165, 1.54) is 4.90 Å². The predicted molar refractivity (Wildman–Crippen MR) is 81.5 cm³/mol. The summed E-state index contributed by atoms with van der Waals surface area (Å²) < 4.78 is 10.8. The molecule has 0 spiro atoms. The van der Waals surface area contributed by atoms with E-state index in [0.717, 1.165) is 51.3 Å². The van der Waals surface area contributed by atoms with E-state index in [1.807, 2.05) is 37.3 Å². The van der Waals surface area contributed by atoms with Gasteiger partial charge in [-0.05, 0) is 31.9 Å². The number of para-hydroxylation sites is 1. The van der Waals surface area contributed by atoms with Gasteiger partial charge in [0.2, 0.25) is 0 Å². The number of hydrogen-bond donors (Lipinski definition) is 1. The number of piperidine rings is 1. The van der Waals surface area contributed by atoms with Gasteiger partial charge < -0.3 is 14.4 Å². The van der Waals surface area contributed by atoms with Crippen LogP contribution in [0, 0.1) is 5.92 Å². The number of carbonyl (C=O) groups excluding carboxylic acids is 1. The number of quaternary nitrogens is 1. The molecule has 1 aromatic carbocycles. The fourth-order valence-corrected chi connectivity index (χ4v) is 2.87. The van der Waals surface area contributed by atoms with Crippen molar-refractivity contribution in [3.05, 3.63) is 30.3 Å². The Morgan fingerprint density at radius 3 is 2.90 bits per heavy atom. The third kappa shape index (κ3) is 5.38. The Labute approximate surface area is 127 Å². The molecule has 0 aliphatic carbocycles. The molecule has 1 aliphatic heterocycles. The quantitative estimate of drug-likeness (QED) is 0.608. The third-order valence-electron chi connectivity index (χ3n) is 3.92. The smallest absolute Gasteiger partial charge is 0.314 e. The first kappa shape index (κ1) is 15.8. The lowest BCUT2D eigenvalue weighted by molar-refractivity contribution is -0.907. The van der Waals surface area contributed by atoms with Crippen molar-refractivity contribution in [2.45, 2.75) is 26.2 Å². The maximum absolute atomic E-state index is 11.8. The maximum Gasteiger partial charge on any atom is 0.314 e. The molecule has 1 aliphatic rings. The molecule has 1 fully saturated rings. The molecule has 2 atom stereocenters. The number of carbonyl (C=O) groups is 1. The van der Waals surface area contributed by atoms with Crippen LogP contribution < -0.4 is 9.64 Å². The Morgan fingerprint density at radius 1 is 1.33 bits per heavy atom. The number of esters is 1. The summed E-state index contributed by atoms with van der Waals surface area (Å²) in [5.74, 6) is 0.995. The minimum atomic E-state index is -0.0183. The van der Waals surface area contributed by atoms with Gasteiger partial charge in [-0.1, -0.05) is 18.2 Å². The third-order valence-corrected chi connectivity index (χ3v) is 3.92. The molecule has 1 aromatic rings. The Hall–Kier alpha value is -1.55. The first-order valence-electron chi connectivity index (χ1n) is 7.97. The van der Waals surface area contributed by atoms with Gasteiger partial charge in [0, 0.05) is 6.42 Å². The van der Waals surface area contributed by atoms with Gasteiger partial charge in [0.25, 0.3) is 0 Å². The van der Waals surface area contributed by atoms with E-state index in [0.29, 0.717) is 6.61 Å². The van der Waals surface area contributed by atoms with Crippen LogP contribution in [0.15, 0.2) is 30.3 Å². The molecule has 0 aromatic heterocycles. The molecule has 0 bridgehead atoms. The highest BCUT2D eigenvalue weighted by atomic mass is 16.5. The lowest BCUT2D eigenvalue weighted by Crippen LogP contribution is -3.13. The van der Waals surface area contributed by atoms with Crippen molar-refractivity contribution in [2.75, 3.05) is 32.8 Å². The second-order valence-electron chi connectivity index (χ2n) is 5.56. The molecule has 4 heteroatoms. The summed E-state index contributed by atoms with van der Waals surface area (Å²) in [6, 6.07) is 9.90. The summed E-state index contributed by atoms with van der Waals surface area (Å²) in [6.07, 6.45) is 3.10. The molecule has 1 N–H and O–H groups in total. The molecule has 1 saturated heterocycles. The van der Waals surface area contributed by atoms with Crippen molar-refractivity contribution in [2.24, 2.45) is 5.92 Å². The molecule has 0 saturated carbocycles. The highest BCUT2D eigenvalue weighted by Gasteiger charge is 2.29. The van der Waals surface area contributed by atoms with Gasteiger partial charge in [0.05, 0.1) is 32.8 Å². The average molecular weight is 292 g/mol. The molecule has 2 rings (SSSR count). The molecular weight excluding hydrogens is 266 g/mol. The SMILES string of the molecule is CCOC(=O)[C@@H]1CCC[NH+](CCCOc2ccccc2)C1. The summed E-state index contributed by atoms with van der Waals surface area (Å²) in [7, 11) is 0. The van der Waals surface area contributed by atoms with Crippen LogP contribution in [0.25, 0.3) is 0 Å². The number of ether oxygens (including phenoxy) is 2. The topological polar surface area (TPSA) is 40.0 Å². The lowest BCUT2D eigenvalue weighted by Gasteiger charge is -2.28. The fraction of sp³-hybridized carbons (Fsp3) is 0.588. The van der Waals surface area contributed by atoms with E-state index in [9.17, 15) is 4.79 Å². The van der Waals surface area contributed by atoms with Crippen LogP contribution in [0.4, 0.5) is 0 Å². The van der Waals surface area contributed by atoms with E-state index in [1.54, 1.807) is 0 Å². The zero-order valence-corrected chi connectivity index (χ0v) is 12.8. The number of likely N-dealkylation sites (tertiary alicyclic amines) is 1. The number of benzene rings is 1. The second-order valence-corrected chi connectivity index (χ2v) is 5.56. The van der Waals surface area contributed by atoms with Gasteiger partial charge in [-0.25, -0.2) is 0 Å². The molecule has 116 valence electrons. The van der Waals surface area contributed by atoms with Crippen LogP contribution in [0.3, 0.4) is 0 Å². The van der Waals surface area contributed by atoms with Crippen molar-refractivity contribution < 1.29 is 19.2 Å². The van der Waals surface area contributed by atoms with E-state index in [4.69, 9.17) is 9.47 Å². The first-order chi connectivity index (χ1) is 10.3. The van der Waals surface area contributed by atoms with Crippen LogP contribution in [-0.4, -0.2) is 38.8 Å².